The van der Waals surface area contributed by atoms with E-state index in [0.29, 0.717) is 15.1 Å². The summed E-state index contributed by atoms with van der Waals surface area (Å²) >= 11 is 10.5. The molecule has 0 bridgehead atoms. The molecule has 1 N–H and O–H groups in total. The third-order valence-corrected chi connectivity index (χ3v) is 4.13. The molecule has 1 atom stereocenters. The minimum absolute atomic E-state index is 0.0232. The zero-order chi connectivity index (χ0) is 12.0. The first-order chi connectivity index (χ1) is 7.67. The first-order valence-electron chi connectivity index (χ1n) is 5.26. The van der Waals surface area contributed by atoms with Crippen molar-refractivity contribution in [2.75, 3.05) is 11.9 Å². The largest absolute Gasteiger partial charge is 0.351 e. The van der Waals surface area contributed by atoms with Crippen LogP contribution in [0.25, 0.3) is 0 Å². The molecule has 0 spiro atoms. The van der Waals surface area contributed by atoms with Gasteiger partial charge in [-0.05, 0) is 24.5 Å². The fourth-order valence-electron chi connectivity index (χ4n) is 1.37. The average Bonchev–Trinajstić information content (AvgIpc) is 2.70. The van der Waals surface area contributed by atoms with Crippen molar-refractivity contribution in [3.8, 4) is 0 Å². The number of amides is 1. The van der Waals surface area contributed by atoms with E-state index in [1.54, 1.807) is 12.1 Å². The van der Waals surface area contributed by atoms with Crippen molar-refractivity contribution in [2.45, 2.75) is 19.8 Å². The van der Waals surface area contributed by atoms with Crippen molar-refractivity contribution in [3.63, 3.8) is 0 Å². The highest BCUT2D eigenvalue weighted by atomic mass is 79.9. The predicted molar refractivity (Wildman–Crippen MR) is 73.9 cm³/mol. The molecule has 1 amide bonds. The van der Waals surface area contributed by atoms with Crippen LogP contribution in [0.3, 0.4) is 0 Å². The van der Waals surface area contributed by atoms with E-state index in [4.69, 9.17) is 11.6 Å². The predicted octanol–water partition coefficient (Wildman–Crippen LogP) is 3.94. The Balaban J connectivity index is 2.40. The van der Waals surface area contributed by atoms with Crippen molar-refractivity contribution in [1.82, 2.24) is 5.32 Å². The Hall–Kier alpha value is -0.0600. The third-order valence-electron chi connectivity index (χ3n) is 2.44. The Morgan fingerprint density at radius 3 is 2.88 bits per heavy atom. The van der Waals surface area contributed by atoms with Crippen LogP contribution in [0.15, 0.2) is 12.1 Å². The molecule has 0 saturated heterocycles. The summed E-state index contributed by atoms with van der Waals surface area (Å²) in [5.74, 6) is 0.517. The van der Waals surface area contributed by atoms with E-state index in [1.807, 2.05) is 0 Å². The van der Waals surface area contributed by atoms with Gasteiger partial charge in [0.1, 0.15) is 0 Å². The van der Waals surface area contributed by atoms with Gasteiger partial charge in [0.2, 0.25) is 0 Å². The number of hydrogen-bond acceptors (Lipinski definition) is 2. The van der Waals surface area contributed by atoms with E-state index in [9.17, 15) is 4.79 Å². The molecule has 0 fully saturated rings. The van der Waals surface area contributed by atoms with Gasteiger partial charge in [0.25, 0.3) is 5.91 Å². The number of carbonyl (C=O) groups excluding carboxylic acids is 1. The Kier molecular flexibility index (Phi) is 6.39. The summed E-state index contributed by atoms with van der Waals surface area (Å²) in [5, 5.41) is 3.92. The van der Waals surface area contributed by atoms with Gasteiger partial charge in [-0.15, -0.1) is 11.3 Å². The lowest BCUT2D eigenvalue weighted by atomic mass is 10.0. The van der Waals surface area contributed by atoms with Gasteiger partial charge in [-0.3, -0.25) is 4.79 Å². The quantitative estimate of drug-likeness (QED) is 0.789. The van der Waals surface area contributed by atoms with Crippen LogP contribution in [0.2, 0.25) is 4.34 Å². The van der Waals surface area contributed by atoms with Gasteiger partial charge in [0.15, 0.2) is 0 Å². The molecule has 16 heavy (non-hydrogen) atoms. The Labute approximate surface area is 114 Å². The molecule has 1 aromatic heterocycles. The zero-order valence-electron chi connectivity index (χ0n) is 9.13. The number of alkyl halides is 1. The van der Waals surface area contributed by atoms with E-state index >= 15 is 0 Å². The van der Waals surface area contributed by atoms with E-state index in [-0.39, 0.29) is 5.91 Å². The fraction of sp³-hybridized carbons (Fsp3) is 0.545. The molecule has 1 rings (SSSR count). The number of carbonyl (C=O) groups is 1. The van der Waals surface area contributed by atoms with E-state index in [2.05, 4.69) is 28.2 Å². The molecule has 1 unspecified atom stereocenters. The molecule has 0 aromatic carbocycles. The van der Waals surface area contributed by atoms with Crippen LogP contribution < -0.4 is 5.32 Å². The van der Waals surface area contributed by atoms with Gasteiger partial charge in [0.05, 0.1) is 9.21 Å². The first kappa shape index (κ1) is 14.0. The van der Waals surface area contributed by atoms with Gasteiger partial charge in [-0.25, -0.2) is 0 Å². The van der Waals surface area contributed by atoms with Crippen molar-refractivity contribution >= 4 is 44.8 Å². The molecular weight excluding hydrogens is 310 g/mol. The second-order valence-electron chi connectivity index (χ2n) is 3.57. The molecule has 0 radical (unpaired) electrons. The molecule has 2 nitrogen and oxygen atoms in total. The van der Waals surface area contributed by atoms with Crippen molar-refractivity contribution < 1.29 is 4.79 Å². The van der Waals surface area contributed by atoms with E-state index in [1.165, 1.54) is 11.3 Å². The van der Waals surface area contributed by atoms with Crippen molar-refractivity contribution in [2.24, 2.45) is 5.92 Å². The minimum Gasteiger partial charge on any atom is -0.351 e. The number of halogens is 2. The second-order valence-corrected chi connectivity index (χ2v) is 6.07. The molecule has 1 heterocycles. The lowest BCUT2D eigenvalue weighted by Crippen LogP contribution is -2.28. The van der Waals surface area contributed by atoms with Crippen molar-refractivity contribution in [3.05, 3.63) is 21.3 Å². The summed E-state index contributed by atoms with van der Waals surface area (Å²) in [6.07, 6.45) is 2.17. The highest BCUT2D eigenvalue weighted by Gasteiger charge is 2.11. The zero-order valence-corrected chi connectivity index (χ0v) is 12.3. The number of hydrogen-bond donors (Lipinski definition) is 1. The van der Waals surface area contributed by atoms with Gasteiger partial charge < -0.3 is 5.32 Å². The summed E-state index contributed by atoms with van der Waals surface area (Å²) in [7, 11) is 0. The standard InChI is InChI=1S/C11H15BrClNOS/c1-2-8(5-6-12)7-14-11(15)9-3-4-10(13)16-9/h3-4,8H,2,5-7H2,1H3,(H,14,15). The number of rotatable bonds is 6. The van der Waals surface area contributed by atoms with Gasteiger partial charge >= 0.3 is 0 Å². The molecule has 5 heteroatoms. The minimum atomic E-state index is -0.0232. The van der Waals surface area contributed by atoms with E-state index < -0.39 is 0 Å². The summed E-state index contributed by atoms with van der Waals surface area (Å²) in [5.41, 5.74) is 0. The fourth-order valence-corrected chi connectivity index (χ4v) is 2.97. The van der Waals surface area contributed by atoms with Gasteiger partial charge in [0, 0.05) is 11.9 Å². The lowest BCUT2D eigenvalue weighted by Gasteiger charge is -2.13. The highest BCUT2D eigenvalue weighted by Crippen LogP contribution is 2.21. The maximum Gasteiger partial charge on any atom is 0.261 e. The molecular formula is C11H15BrClNOS. The summed E-state index contributed by atoms with van der Waals surface area (Å²) in [4.78, 5) is 12.4. The maximum absolute atomic E-state index is 11.7. The summed E-state index contributed by atoms with van der Waals surface area (Å²) < 4.78 is 0.651. The Morgan fingerprint density at radius 2 is 2.38 bits per heavy atom. The van der Waals surface area contributed by atoms with Gasteiger partial charge in [-0.2, -0.15) is 0 Å². The molecule has 0 saturated carbocycles. The van der Waals surface area contributed by atoms with Crippen LogP contribution in [-0.4, -0.2) is 17.8 Å². The van der Waals surface area contributed by atoms with Crippen LogP contribution in [0.5, 0.6) is 0 Å². The van der Waals surface area contributed by atoms with Gasteiger partial charge in [-0.1, -0.05) is 40.9 Å². The maximum atomic E-state index is 11.7. The molecule has 1 aromatic rings. The SMILES string of the molecule is CCC(CCBr)CNC(=O)c1ccc(Cl)s1. The van der Waals surface area contributed by atoms with Crippen molar-refractivity contribution in [1.29, 1.82) is 0 Å². The van der Waals surface area contributed by atoms with E-state index in [0.717, 1.165) is 24.7 Å². The van der Waals surface area contributed by atoms with Crippen LogP contribution in [0.1, 0.15) is 29.4 Å². The lowest BCUT2D eigenvalue weighted by molar-refractivity contribution is 0.0950. The number of nitrogens with one attached hydrogen (secondary N) is 1. The smallest absolute Gasteiger partial charge is 0.261 e. The molecule has 0 aliphatic rings. The third kappa shape index (κ3) is 4.44. The summed E-state index contributed by atoms with van der Waals surface area (Å²) in [6.45, 7) is 2.87. The molecule has 0 aliphatic carbocycles. The van der Waals surface area contributed by atoms with Crippen LogP contribution in [0.4, 0.5) is 0 Å². The summed E-state index contributed by atoms with van der Waals surface area (Å²) in [6, 6.07) is 3.50. The first-order valence-corrected chi connectivity index (χ1v) is 7.58. The normalized spacial score (nSPS) is 12.4. The average molecular weight is 325 g/mol. The van der Waals surface area contributed by atoms with Crippen LogP contribution in [0, 0.1) is 5.92 Å². The monoisotopic (exact) mass is 323 g/mol. The van der Waals surface area contributed by atoms with Crippen LogP contribution in [-0.2, 0) is 0 Å². The van der Waals surface area contributed by atoms with Crippen LogP contribution >= 0.6 is 38.9 Å². The highest BCUT2D eigenvalue weighted by molar-refractivity contribution is 9.09. The molecule has 0 aliphatic heterocycles. The second kappa shape index (κ2) is 7.30. The Morgan fingerprint density at radius 1 is 1.62 bits per heavy atom. The molecule has 90 valence electrons. The topological polar surface area (TPSA) is 29.1 Å². The Bertz CT molecular complexity index is 342. The number of thiophene rings is 1.